The Morgan fingerprint density at radius 3 is 2.11 bits per heavy atom. The average Bonchev–Trinajstić information content (AvgIpc) is 2.93. The molecular formula is C32H40N2O3S. The summed E-state index contributed by atoms with van der Waals surface area (Å²) in [6.07, 6.45) is 15.5. The number of para-hydroxylation sites is 2. The SMILES string of the molecule is CCCCCCCCCCCCCCOc1ccccc1NC(=O)c1cc(N=C=S)c2ccccc2c1O. The van der Waals surface area contributed by atoms with Gasteiger partial charge in [0.15, 0.2) is 0 Å². The van der Waals surface area contributed by atoms with Crippen molar-refractivity contribution in [1.29, 1.82) is 0 Å². The minimum absolute atomic E-state index is 0.101. The van der Waals surface area contributed by atoms with Gasteiger partial charge < -0.3 is 15.2 Å². The van der Waals surface area contributed by atoms with Gasteiger partial charge in [0.05, 0.1) is 28.7 Å². The Kier molecular flexibility index (Phi) is 12.8. The Balaban J connectivity index is 1.47. The number of benzene rings is 3. The first-order valence-electron chi connectivity index (χ1n) is 14.0. The summed E-state index contributed by atoms with van der Waals surface area (Å²) < 4.78 is 6.01. The molecule has 0 fully saturated rings. The number of anilines is 1. The molecular weight excluding hydrogens is 492 g/mol. The maximum Gasteiger partial charge on any atom is 0.259 e. The van der Waals surface area contributed by atoms with Crippen molar-refractivity contribution >= 4 is 45.4 Å². The second-order valence-electron chi connectivity index (χ2n) is 9.73. The number of aliphatic imine (C=N–C) groups is 1. The number of aromatic hydroxyl groups is 1. The lowest BCUT2D eigenvalue weighted by Gasteiger charge is -2.14. The first-order chi connectivity index (χ1) is 18.7. The van der Waals surface area contributed by atoms with Crippen molar-refractivity contribution in [2.24, 2.45) is 4.99 Å². The van der Waals surface area contributed by atoms with Gasteiger partial charge in [-0.05, 0) is 36.8 Å². The lowest BCUT2D eigenvalue weighted by atomic mass is 10.0. The monoisotopic (exact) mass is 532 g/mol. The van der Waals surface area contributed by atoms with E-state index in [0.717, 1.165) is 12.8 Å². The molecule has 2 N–H and O–H groups in total. The Morgan fingerprint density at radius 2 is 1.45 bits per heavy atom. The van der Waals surface area contributed by atoms with Gasteiger partial charge in [0, 0.05) is 10.8 Å². The third-order valence-electron chi connectivity index (χ3n) is 6.80. The summed E-state index contributed by atoms with van der Waals surface area (Å²) in [4.78, 5) is 17.3. The molecule has 5 nitrogen and oxygen atoms in total. The molecule has 0 aliphatic rings. The molecule has 38 heavy (non-hydrogen) atoms. The van der Waals surface area contributed by atoms with Gasteiger partial charge in [-0.25, -0.2) is 0 Å². The number of ether oxygens (including phenoxy) is 1. The molecule has 0 saturated heterocycles. The molecule has 3 rings (SSSR count). The van der Waals surface area contributed by atoms with Crippen molar-refractivity contribution in [2.45, 2.75) is 84.0 Å². The highest BCUT2D eigenvalue weighted by Gasteiger charge is 2.18. The van der Waals surface area contributed by atoms with Crippen LogP contribution in [0.15, 0.2) is 59.6 Å². The molecule has 0 heterocycles. The number of rotatable bonds is 17. The summed E-state index contributed by atoms with van der Waals surface area (Å²) in [6, 6.07) is 16.1. The van der Waals surface area contributed by atoms with Crippen LogP contribution in [0.1, 0.15) is 94.3 Å². The summed E-state index contributed by atoms with van der Waals surface area (Å²) in [5, 5.41) is 17.3. The number of phenols is 1. The van der Waals surface area contributed by atoms with Crippen molar-refractivity contribution in [3.8, 4) is 11.5 Å². The average molecular weight is 533 g/mol. The number of phenolic OH excluding ortho intramolecular Hbond substituents is 1. The Bertz CT molecular complexity index is 1220. The molecule has 3 aromatic carbocycles. The van der Waals surface area contributed by atoms with Crippen LogP contribution in [0.4, 0.5) is 11.4 Å². The zero-order chi connectivity index (χ0) is 27.0. The summed E-state index contributed by atoms with van der Waals surface area (Å²) >= 11 is 4.77. The number of amides is 1. The molecule has 0 unspecified atom stereocenters. The van der Waals surface area contributed by atoms with Crippen LogP contribution in [-0.2, 0) is 0 Å². The van der Waals surface area contributed by atoms with Crippen LogP contribution in [0, 0.1) is 0 Å². The molecule has 0 aliphatic heterocycles. The number of hydrogen-bond donors (Lipinski definition) is 2. The van der Waals surface area contributed by atoms with E-state index in [0.29, 0.717) is 34.5 Å². The molecule has 0 bridgehead atoms. The predicted molar refractivity (Wildman–Crippen MR) is 161 cm³/mol. The lowest BCUT2D eigenvalue weighted by Crippen LogP contribution is -2.13. The normalized spacial score (nSPS) is 10.8. The molecule has 0 aromatic heterocycles. The van der Waals surface area contributed by atoms with E-state index >= 15 is 0 Å². The lowest BCUT2D eigenvalue weighted by molar-refractivity contribution is 0.102. The minimum Gasteiger partial charge on any atom is -0.506 e. The number of thiocarbonyl (C=S) groups is 1. The maximum atomic E-state index is 13.2. The third-order valence-corrected chi connectivity index (χ3v) is 6.89. The second kappa shape index (κ2) is 16.6. The fraction of sp³-hybridized carbons (Fsp3) is 0.438. The maximum absolute atomic E-state index is 13.2. The van der Waals surface area contributed by atoms with Gasteiger partial charge in [-0.1, -0.05) is 114 Å². The summed E-state index contributed by atoms with van der Waals surface area (Å²) in [5.74, 6) is 0.0631. The molecule has 0 atom stereocenters. The third kappa shape index (κ3) is 8.97. The van der Waals surface area contributed by atoms with E-state index in [-0.39, 0.29) is 11.3 Å². The molecule has 0 saturated carbocycles. The van der Waals surface area contributed by atoms with Gasteiger partial charge in [0.1, 0.15) is 11.5 Å². The van der Waals surface area contributed by atoms with Crippen LogP contribution >= 0.6 is 12.2 Å². The molecule has 0 spiro atoms. The Hall–Kier alpha value is -3.21. The van der Waals surface area contributed by atoms with Gasteiger partial charge in [0.25, 0.3) is 5.91 Å². The number of nitrogens with one attached hydrogen (secondary N) is 1. The van der Waals surface area contributed by atoms with Gasteiger partial charge >= 0.3 is 0 Å². The van der Waals surface area contributed by atoms with Crippen LogP contribution in [0.25, 0.3) is 10.8 Å². The molecule has 1 amide bonds. The van der Waals surface area contributed by atoms with E-state index in [1.54, 1.807) is 18.2 Å². The van der Waals surface area contributed by atoms with Crippen LogP contribution in [0.5, 0.6) is 11.5 Å². The Morgan fingerprint density at radius 1 is 0.868 bits per heavy atom. The van der Waals surface area contributed by atoms with Crippen molar-refractivity contribution in [2.75, 3.05) is 11.9 Å². The van der Waals surface area contributed by atoms with Gasteiger partial charge in [0.2, 0.25) is 0 Å². The smallest absolute Gasteiger partial charge is 0.259 e. The highest BCUT2D eigenvalue weighted by Crippen LogP contribution is 2.36. The molecule has 3 aromatic rings. The van der Waals surface area contributed by atoms with E-state index in [1.807, 2.05) is 30.3 Å². The van der Waals surface area contributed by atoms with Gasteiger partial charge in [-0.15, -0.1) is 0 Å². The number of nitrogens with zero attached hydrogens (tertiary/aromatic N) is 1. The first-order valence-corrected chi connectivity index (χ1v) is 14.4. The van der Waals surface area contributed by atoms with Crippen molar-refractivity contribution < 1.29 is 14.6 Å². The summed E-state index contributed by atoms with van der Waals surface area (Å²) in [6.45, 7) is 2.86. The van der Waals surface area contributed by atoms with E-state index < -0.39 is 5.91 Å². The van der Waals surface area contributed by atoms with E-state index in [9.17, 15) is 9.90 Å². The number of fused-ring (bicyclic) bond motifs is 1. The molecule has 0 aliphatic carbocycles. The van der Waals surface area contributed by atoms with E-state index in [2.05, 4.69) is 22.4 Å². The molecule has 202 valence electrons. The fourth-order valence-electron chi connectivity index (χ4n) is 4.67. The van der Waals surface area contributed by atoms with Crippen LogP contribution in [-0.4, -0.2) is 22.8 Å². The summed E-state index contributed by atoms with van der Waals surface area (Å²) in [5.41, 5.74) is 1.15. The number of unbranched alkanes of at least 4 members (excludes halogenated alkanes) is 11. The fourth-order valence-corrected chi connectivity index (χ4v) is 4.76. The van der Waals surface area contributed by atoms with Crippen LogP contribution < -0.4 is 10.1 Å². The highest BCUT2D eigenvalue weighted by atomic mass is 32.1. The van der Waals surface area contributed by atoms with E-state index in [1.165, 1.54) is 70.3 Å². The Labute approximate surface area is 232 Å². The van der Waals surface area contributed by atoms with Gasteiger partial charge in [-0.3, -0.25) is 4.79 Å². The van der Waals surface area contributed by atoms with Crippen molar-refractivity contribution in [3.63, 3.8) is 0 Å². The van der Waals surface area contributed by atoms with Crippen LogP contribution in [0.3, 0.4) is 0 Å². The minimum atomic E-state index is -0.449. The molecule has 0 radical (unpaired) electrons. The first kappa shape index (κ1) is 29.3. The standard InChI is InChI=1S/C32H40N2O3S/c1-2-3-4-5-6-7-8-9-10-11-12-17-22-37-30-21-16-15-20-28(30)34-32(36)27-23-29(33-24-38)25-18-13-14-19-26(25)31(27)35/h13-16,18-21,23,35H,2-12,17,22H2,1H3,(H,34,36). The largest absolute Gasteiger partial charge is 0.506 e. The van der Waals surface area contributed by atoms with Crippen molar-refractivity contribution in [3.05, 3.63) is 60.2 Å². The molecule has 6 heteroatoms. The topological polar surface area (TPSA) is 70.9 Å². The zero-order valence-electron chi connectivity index (χ0n) is 22.5. The second-order valence-corrected chi connectivity index (χ2v) is 9.91. The van der Waals surface area contributed by atoms with Gasteiger partial charge in [-0.2, -0.15) is 4.99 Å². The quantitative estimate of drug-likeness (QED) is 0.103. The zero-order valence-corrected chi connectivity index (χ0v) is 23.3. The number of isothiocyanates is 1. The van der Waals surface area contributed by atoms with Crippen LogP contribution in [0.2, 0.25) is 0 Å². The summed E-state index contributed by atoms with van der Waals surface area (Å²) in [7, 11) is 0. The van der Waals surface area contributed by atoms with E-state index in [4.69, 9.17) is 17.0 Å². The number of carbonyl (C=O) groups is 1. The van der Waals surface area contributed by atoms with Crippen molar-refractivity contribution in [1.82, 2.24) is 0 Å². The number of carbonyl (C=O) groups excluding carboxylic acids is 1. The highest BCUT2D eigenvalue weighted by molar-refractivity contribution is 7.78. The predicted octanol–water partition coefficient (Wildman–Crippen LogP) is 9.61. The number of hydrogen-bond acceptors (Lipinski definition) is 5.